The topological polar surface area (TPSA) is 20.3 Å². The Hall–Kier alpha value is -1.11. The van der Waals surface area contributed by atoms with Crippen LogP contribution in [0.3, 0.4) is 0 Å². The highest BCUT2D eigenvalue weighted by atomic mass is 79.9. The molecule has 0 bridgehead atoms. The molecule has 0 N–H and O–H groups in total. The molecular formula is C14H12BrF2NOS. The van der Waals surface area contributed by atoms with E-state index < -0.39 is 11.6 Å². The molecule has 2 aromatic rings. The second-order valence-electron chi connectivity index (χ2n) is 4.48. The zero-order valence-corrected chi connectivity index (χ0v) is 13.1. The first kappa shape index (κ1) is 15.3. The summed E-state index contributed by atoms with van der Waals surface area (Å²) in [7, 11) is 1.78. The summed E-state index contributed by atoms with van der Waals surface area (Å²) in [5.41, 5.74) is 1.00. The summed E-state index contributed by atoms with van der Waals surface area (Å²) in [6.07, 6.45) is 0. The molecule has 0 radical (unpaired) electrons. The number of likely N-dealkylation sites (N-methyl/N-ethyl adjacent to an activating group) is 1. The van der Waals surface area contributed by atoms with E-state index in [1.165, 1.54) is 6.07 Å². The second-order valence-corrected chi connectivity index (χ2v) is 6.77. The van der Waals surface area contributed by atoms with Crippen LogP contribution in [-0.4, -0.2) is 24.3 Å². The maximum atomic E-state index is 13.5. The van der Waals surface area contributed by atoms with Gasteiger partial charge in [0.1, 0.15) is 11.6 Å². The third kappa shape index (κ3) is 3.94. The highest BCUT2D eigenvalue weighted by Gasteiger charge is 2.15. The van der Waals surface area contributed by atoms with Gasteiger partial charge in [-0.25, -0.2) is 8.78 Å². The number of hydrogen-bond acceptors (Lipinski definition) is 3. The van der Waals surface area contributed by atoms with Crippen LogP contribution in [0.25, 0.3) is 0 Å². The number of benzene rings is 1. The van der Waals surface area contributed by atoms with E-state index in [0.29, 0.717) is 6.54 Å². The molecule has 0 fully saturated rings. The highest BCUT2D eigenvalue weighted by molar-refractivity contribution is 9.11. The number of carbonyl (C=O) groups is 1. The van der Waals surface area contributed by atoms with Gasteiger partial charge in [0.25, 0.3) is 0 Å². The van der Waals surface area contributed by atoms with E-state index in [-0.39, 0.29) is 17.9 Å². The van der Waals surface area contributed by atoms with Crippen molar-refractivity contribution in [2.45, 2.75) is 6.54 Å². The first-order valence-electron chi connectivity index (χ1n) is 5.85. The predicted octanol–water partition coefficient (Wildman–Crippen LogP) is 4.10. The Balaban J connectivity index is 2.00. The van der Waals surface area contributed by atoms with Crippen molar-refractivity contribution in [1.29, 1.82) is 0 Å². The molecule has 20 heavy (non-hydrogen) atoms. The molecule has 0 atom stereocenters. The van der Waals surface area contributed by atoms with E-state index in [2.05, 4.69) is 15.9 Å². The largest absolute Gasteiger partial charge is 0.295 e. The van der Waals surface area contributed by atoms with Gasteiger partial charge in [0.2, 0.25) is 0 Å². The molecule has 0 aliphatic rings. The summed E-state index contributed by atoms with van der Waals surface area (Å²) in [6.45, 7) is 0.673. The van der Waals surface area contributed by atoms with Gasteiger partial charge in [-0.15, -0.1) is 11.3 Å². The Morgan fingerprint density at radius 2 is 2.10 bits per heavy atom. The fourth-order valence-corrected chi connectivity index (χ4v) is 3.04. The third-order valence-electron chi connectivity index (χ3n) is 2.72. The average Bonchev–Trinajstić information content (AvgIpc) is 2.74. The first-order valence-corrected chi connectivity index (χ1v) is 7.52. The molecule has 1 aromatic heterocycles. The maximum absolute atomic E-state index is 13.5. The molecule has 106 valence electrons. The Morgan fingerprint density at radius 1 is 1.35 bits per heavy atom. The summed E-state index contributed by atoms with van der Waals surface area (Å²) in [4.78, 5) is 13.8. The van der Waals surface area contributed by atoms with Gasteiger partial charge in [-0.3, -0.25) is 9.69 Å². The summed E-state index contributed by atoms with van der Waals surface area (Å²) < 4.78 is 27.3. The molecule has 0 unspecified atom stereocenters. The minimum atomic E-state index is -0.818. The van der Waals surface area contributed by atoms with E-state index in [1.54, 1.807) is 23.3 Å². The Labute approximate surface area is 128 Å². The molecule has 0 spiro atoms. The molecule has 0 amide bonds. The van der Waals surface area contributed by atoms with Crippen LogP contribution in [0.1, 0.15) is 15.9 Å². The van der Waals surface area contributed by atoms with Crippen LogP contribution < -0.4 is 0 Å². The van der Waals surface area contributed by atoms with Gasteiger partial charge in [0.15, 0.2) is 5.78 Å². The van der Waals surface area contributed by atoms with Crippen LogP contribution >= 0.6 is 27.3 Å². The summed E-state index contributed by atoms with van der Waals surface area (Å²) in [5, 5.41) is 1.99. The summed E-state index contributed by atoms with van der Waals surface area (Å²) in [5.74, 6) is -1.86. The van der Waals surface area contributed by atoms with Crippen LogP contribution in [0, 0.1) is 11.6 Å². The SMILES string of the molecule is CN(CC(=O)c1ccc(F)cc1F)Cc1csc(Br)c1. The molecule has 0 aliphatic carbocycles. The van der Waals surface area contributed by atoms with E-state index in [4.69, 9.17) is 0 Å². The average molecular weight is 360 g/mol. The number of carbonyl (C=O) groups excluding carboxylic acids is 1. The number of rotatable bonds is 5. The van der Waals surface area contributed by atoms with E-state index >= 15 is 0 Å². The summed E-state index contributed by atoms with van der Waals surface area (Å²) >= 11 is 4.94. The highest BCUT2D eigenvalue weighted by Crippen LogP contribution is 2.21. The van der Waals surface area contributed by atoms with Gasteiger partial charge in [-0.2, -0.15) is 0 Å². The quantitative estimate of drug-likeness (QED) is 0.749. The molecule has 1 aromatic carbocycles. The van der Waals surface area contributed by atoms with Crippen molar-refractivity contribution in [1.82, 2.24) is 4.90 Å². The molecule has 0 saturated carbocycles. The van der Waals surface area contributed by atoms with Crippen molar-refractivity contribution in [2.24, 2.45) is 0 Å². The number of thiophene rings is 1. The Kier molecular flexibility index (Phi) is 5.01. The van der Waals surface area contributed by atoms with E-state index in [0.717, 1.165) is 21.5 Å². The fraction of sp³-hybridized carbons (Fsp3) is 0.214. The lowest BCUT2D eigenvalue weighted by atomic mass is 10.1. The lowest BCUT2D eigenvalue weighted by molar-refractivity contribution is 0.0939. The molecular weight excluding hydrogens is 348 g/mol. The number of nitrogens with zero attached hydrogens (tertiary/aromatic N) is 1. The second kappa shape index (κ2) is 6.56. The van der Waals surface area contributed by atoms with Crippen LogP contribution in [0.5, 0.6) is 0 Å². The molecule has 0 saturated heterocycles. The van der Waals surface area contributed by atoms with E-state index in [9.17, 15) is 13.6 Å². The van der Waals surface area contributed by atoms with Crippen LogP contribution in [0.2, 0.25) is 0 Å². The van der Waals surface area contributed by atoms with Gasteiger partial charge < -0.3 is 0 Å². The Bertz CT molecular complexity index is 629. The van der Waals surface area contributed by atoms with Crippen molar-refractivity contribution in [3.8, 4) is 0 Å². The van der Waals surface area contributed by atoms with Crippen molar-refractivity contribution < 1.29 is 13.6 Å². The zero-order valence-electron chi connectivity index (χ0n) is 10.7. The number of Topliss-reactive ketones (excluding diaryl/α,β-unsaturated/α-hetero) is 1. The monoisotopic (exact) mass is 359 g/mol. The number of ketones is 1. The number of halogens is 3. The minimum absolute atomic E-state index is 0.0789. The van der Waals surface area contributed by atoms with Gasteiger partial charge in [-0.05, 0) is 52.1 Å². The molecule has 2 nitrogen and oxygen atoms in total. The lowest BCUT2D eigenvalue weighted by Gasteiger charge is -2.15. The number of hydrogen-bond donors (Lipinski definition) is 0. The van der Waals surface area contributed by atoms with E-state index in [1.807, 2.05) is 11.4 Å². The van der Waals surface area contributed by atoms with Gasteiger partial charge in [0, 0.05) is 12.6 Å². The van der Waals surface area contributed by atoms with Crippen molar-refractivity contribution in [3.63, 3.8) is 0 Å². The smallest absolute Gasteiger partial charge is 0.179 e. The first-order chi connectivity index (χ1) is 9.45. The summed E-state index contributed by atoms with van der Waals surface area (Å²) in [6, 6.07) is 4.97. The van der Waals surface area contributed by atoms with Gasteiger partial charge in [-0.1, -0.05) is 0 Å². The van der Waals surface area contributed by atoms with Gasteiger partial charge in [0.05, 0.1) is 15.9 Å². The van der Waals surface area contributed by atoms with Crippen LogP contribution in [-0.2, 0) is 6.54 Å². The molecule has 6 heteroatoms. The third-order valence-corrected chi connectivity index (χ3v) is 4.27. The van der Waals surface area contributed by atoms with Gasteiger partial charge >= 0.3 is 0 Å². The van der Waals surface area contributed by atoms with Crippen molar-refractivity contribution in [3.05, 3.63) is 56.2 Å². The maximum Gasteiger partial charge on any atom is 0.179 e. The standard InChI is InChI=1S/C14H12BrF2NOS/c1-18(6-9-4-14(15)20-8-9)7-13(19)11-3-2-10(16)5-12(11)17/h2-5,8H,6-7H2,1H3. The Morgan fingerprint density at radius 3 is 2.70 bits per heavy atom. The molecule has 2 rings (SSSR count). The van der Waals surface area contributed by atoms with Crippen molar-refractivity contribution in [2.75, 3.05) is 13.6 Å². The molecule has 0 aliphatic heterocycles. The zero-order chi connectivity index (χ0) is 14.7. The van der Waals surface area contributed by atoms with Crippen molar-refractivity contribution >= 4 is 33.0 Å². The fourth-order valence-electron chi connectivity index (χ4n) is 1.84. The minimum Gasteiger partial charge on any atom is -0.295 e. The lowest BCUT2D eigenvalue weighted by Crippen LogP contribution is -2.26. The van der Waals surface area contributed by atoms with Crippen LogP contribution in [0.4, 0.5) is 8.78 Å². The molecule has 1 heterocycles. The normalized spacial score (nSPS) is 11.1. The predicted molar refractivity (Wildman–Crippen MR) is 79.0 cm³/mol. The van der Waals surface area contributed by atoms with Crippen LogP contribution in [0.15, 0.2) is 33.4 Å².